The first kappa shape index (κ1) is 9.76. The average molecular weight is 187 g/mol. The first-order valence-corrected chi connectivity index (χ1v) is 5.70. The molecule has 1 saturated carbocycles. The molecule has 0 aliphatic heterocycles. The molecule has 2 rings (SSSR count). The molecule has 1 aromatic rings. The monoisotopic (exact) mass is 187 g/mol. The summed E-state index contributed by atoms with van der Waals surface area (Å²) in [5.41, 5.74) is 4.48. The Morgan fingerprint density at radius 1 is 0.857 bits per heavy atom. The molecule has 1 fully saturated rings. The molecule has 0 unspecified atom stereocenters. The van der Waals surface area contributed by atoms with Crippen LogP contribution in [0.25, 0.3) is 0 Å². The Morgan fingerprint density at radius 3 is 2.00 bits per heavy atom. The van der Waals surface area contributed by atoms with E-state index in [4.69, 9.17) is 0 Å². The SMILES string of the molecule is Cc1cccc(C)c1[C]1CCCCC1. The zero-order valence-electron chi connectivity index (χ0n) is 9.27. The number of hydrogen-bond donors (Lipinski definition) is 0. The Hall–Kier alpha value is -0.780. The molecule has 0 nitrogen and oxygen atoms in total. The minimum absolute atomic E-state index is 1.33. The van der Waals surface area contributed by atoms with Gasteiger partial charge >= 0.3 is 0 Å². The first-order valence-electron chi connectivity index (χ1n) is 5.70. The summed E-state index contributed by atoms with van der Waals surface area (Å²) in [6.45, 7) is 4.48. The second-order valence-corrected chi connectivity index (χ2v) is 4.43. The predicted molar refractivity (Wildman–Crippen MR) is 61.3 cm³/mol. The topological polar surface area (TPSA) is 0 Å². The summed E-state index contributed by atoms with van der Waals surface area (Å²) < 4.78 is 0. The molecule has 0 atom stereocenters. The normalized spacial score (nSPS) is 18.4. The van der Waals surface area contributed by atoms with Gasteiger partial charge in [0.25, 0.3) is 0 Å². The van der Waals surface area contributed by atoms with Gasteiger partial charge in [0.1, 0.15) is 0 Å². The van der Waals surface area contributed by atoms with E-state index in [2.05, 4.69) is 32.0 Å². The van der Waals surface area contributed by atoms with Gasteiger partial charge in [-0.1, -0.05) is 37.5 Å². The van der Waals surface area contributed by atoms with Gasteiger partial charge in [0.05, 0.1) is 0 Å². The molecule has 0 aromatic heterocycles. The molecule has 1 aliphatic rings. The van der Waals surface area contributed by atoms with E-state index in [1.54, 1.807) is 11.5 Å². The lowest BCUT2D eigenvalue weighted by atomic mass is 9.80. The molecule has 0 spiro atoms. The second kappa shape index (κ2) is 4.16. The number of hydrogen-bond acceptors (Lipinski definition) is 0. The van der Waals surface area contributed by atoms with Gasteiger partial charge < -0.3 is 0 Å². The summed E-state index contributed by atoms with van der Waals surface area (Å²) in [7, 11) is 0. The van der Waals surface area contributed by atoms with Crippen molar-refractivity contribution in [3.63, 3.8) is 0 Å². The van der Waals surface area contributed by atoms with E-state index in [0.29, 0.717) is 0 Å². The van der Waals surface area contributed by atoms with Gasteiger partial charge in [-0.15, -0.1) is 0 Å². The van der Waals surface area contributed by atoms with Gasteiger partial charge in [-0.2, -0.15) is 0 Å². The van der Waals surface area contributed by atoms with Crippen LogP contribution in [0.5, 0.6) is 0 Å². The van der Waals surface area contributed by atoms with E-state index in [9.17, 15) is 0 Å². The van der Waals surface area contributed by atoms with Crippen molar-refractivity contribution < 1.29 is 0 Å². The highest BCUT2D eigenvalue weighted by molar-refractivity contribution is 5.43. The molecule has 0 bridgehead atoms. The maximum atomic E-state index is 2.24. The van der Waals surface area contributed by atoms with Crippen LogP contribution in [0.15, 0.2) is 18.2 Å². The Bertz CT molecular complexity index is 286. The van der Waals surface area contributed by atoms with Gasteiger partial charge in [0.2, 0.25) is 0 Å². The van der Waals surface area contributed by atoms with Gasteiger partial charge in [0, 0.05) is 5.92 Å². The molecule has 1 aliphatic carbocycles. The third kappa shape index (κ3) is 1.84. The smallest absolute Gasteiger partial charge is 0.00552 e. The maximum Gasteiger partial charge on any atom is 0.00552 e. The number of benzene rings is 1. The quantitative estimate of drug-likeness (QED) is 0.618. The van der Waals surface area contributed by atoms with Crippen LogP contribution >= 0.6 is 0 Å². The second-order valence-electron chi connectivity index (χ2n) is 4.43. The lowest BCUT2D eigenvalue weighted by Gasteiger charge is -2.24. The van der Waals surface area contributed by atoms with Crippen LogP contribution < -0.4 is 0 Å². The number of rotatable bonds is 1. The predicted octanol–water partition coefficient (Wildman–Crippen LogP) is 4.19. The summed E-state index contributed by atoms with van der Waals surface area (Å²) in [6.07, 6.45) is 6.86. The summed E-state index contributed by atoms with van der Waals surface area (Å²) in [4.78, 5) is 0. The van der Waals surface area contributed by atoms with Gasteiger partial charge in [-0.25, -0.2) is 0 Å². The molecular formula is C14H19. The van der Waals surface area contributed by atoms with Crippen LogP contribution in [0.1, 0.15) is 48.8 Å². The van der Waals surface area contributed by atoms with Crippen LogP contribution in [0.3, 0.4) is 0 Å². The molecule has 0 amide bonds. The minimum atomic E-state index is 1.33. The molecular weight excluding hydrogens is 168 g/mol. The fourth-order valence-electron chi connectivity index (χ4n) is 2.60. The van der Waals surface area contributed by atoms with Crippen molar-refractivity contribution in [2.24, 2.45) is 0 Å². The van der Waals surface area contributed by atoms with Crippen molar-refractivity contribution >= 4 is 0 Å². The largest absolute Gasteiger partial charge is 0.0617 e. The number of aryl methyl sites for hydroxylation is 2. The van der Waals surface area contributed by atoms with Crippen LogP contribution in [-0.2, 0) is 0 Å². The lowest BCUT2D eigenvalue weighted by molar-refractivity contribution is 0.549. The van der Waals surface area contributed by atoms with E-state index >= 15 is 0 Å². The molecule has 75 valence electrons. The Morgan fingerprint density at radius 2 is 1.43 bits per heavy atom. The van der Waals surface area contributed by atoms with Gasteiger partial charge in [0.15, 0.2) is 0 Å². The average Bonchev–Trinajstić information content (AvgIpc) is 2.19. The van der Waals surface area contributed by atoms with Crippen molar-refractivity contribution in [3.05, 3.63) is 40.8 Å². The van der Waals surface area contributed by atoms with Crippen molar-refractivity contribution in [3.8, 4) is 0 Å². The van der Waals surface area contributed by atoms with Crippen LogP contribution in [-0.4, -0.2) is 0 Å². The molecule has 1 radical (unpaired) electrons. The highest BCUT2D eigenvalue weighted by Crippen LogP contribution is 2.34. The van der Waals surface area contributed by atoms with E-state index in [0.717, 1.165) is 0 Å². The van der Waals surface area contributed by atoms with Crippen molar-refractivity contribution in [1.82, 2.24) is 0 Å². The molecule has 1 aromatic carbocycles. The summed E-state index contributed by atoms with van der Waals surface area (Å²) >= 11 is 0. The van der Waals surface area contributed by atoms with Gasteiger partial charge in [-0.3, -0.25) is 0 Å². The zero-order chi connectivity index (χ0) is 9.97. The maximum absolute atomic E-state index is 2.24. The van der Waals surface area contributed by atoms with E-state index in [-0.39, 0.29) is 0 Å². The molecule has 0 saturated heterocycles. The Kier molecular flexibility index (Phi) is 2.90. The fraction of sp³-hybridized carbons (Fsp3) is 0.500. The molecule has 0 heterocycles. The lowest BCUT2D eigenvalue weighted by Crippen LogP contribution is -2.08. The van der Waals surface area contributed by atoms with E-state index in [1.165, 1.54) is 43.2 Å². The summed E-state index contributed by atoms with van der Waals surface area (Å²) in [5.74, 6) is 1.70. The van der Waals surface area contributed by atoms with Gasteiger partial charge in [-0.05, 0) is 43.4 Å². The zero-order valence-corrected chi connectivity index (χ0v) is 9.27. The van der Waals surface area contributed by atoms with Crippen molar-refractivity contribution in [1.29, 1.82) is 0 Å². The molecule has 0 N–H and O–H groups in total. The summed E-state index contributed by atoms with van der Waals surface area (Å²) in [5, 5.41) is 0. The molecule has 14 heavy (non-hydrogen) atoms. The minimum Gasteiger partial charge on any atom is -0.0617 e. The van der Waals surface area contributed by atoms with Crippen molar-refractivity contribution in [2.75, 3.05) is 0 Å². The Labute approximate surface area is 87.3 Å². The fourth-order valence-corrected chi connectivity index (χ4v) is 2.60. The van der Waals surface area contributed by atoms with E-state index in [1.807, 2.05) is 0 Å². The van der Waals surface area contributed by atoms with E-state index < -0.39 is 0 Å². The van der Waals surface area contributed by atoms with Crippen LogP contribution in [0, 0.1) is 19.8 Å². The Balaban J connectivity index is 2.29. The van der Waals surface area contributed by atoms with Crippen molar-refractivity contribution in [2.45, 2.75) is 46.0 Å². The first-order chi connectivity index (χ1) is 6.79. The third-order valence-corrected chi connectivity index (χ3v) is 3.29. The standard InChI is InChI=1S/C14H19/c1-11-7-6-8-12(2)14(11)13-9-4-3-5-10-13/h6-8H,3-5,9-10H2,1-2H3. The highest BCUT2D eigenvalue weighted by atomic mass is 14.2. The molecule has 0 heteroatoms. The van der Waals surface area contributed by atoms with Crippen LogP contribution in [0.2, 0.25) is 0 Å². The summed E-state index contributed by atoms with van der Waals surface area (Å²) in [6, 6.07) is 6.64. The van der Waals surface area contributed by atoms with Crippen LogP contribution in [0.4, 0.5) is 0 Å². The highest BCUT2D eigenvalue weighted by Gasteiger charge is 2.18. The third-order valence-electron chi connectivity index (χ3n) is 3.29.